The Morgan fingerprint density at radius 3 is 2.34 bits per heavy atom. The van der Waals surface area contributed by atoms with Crippen molar-refractivity contribution in [2.75, 3.05) is 11.0 Å². The van der Waals surface area contributed by atoms with Crippen molar-refractivity contribution < 1.29 is 13.2 Å². The summed E-state index contributed by atoms with van der Waals surface area (Å²) in [5.74, 6) is -0.520. The van der Waals surface area contributed by atoms with Gasteiger partial charge < -0.3 is 10.7 Å². The van der Waals surface area contributed by atoms with E-state index < -0.39 is 15.9 Å². The van der Waals surface area contributed by atoms with Crippen LogP contribution in [0.3, 0.4) is 0 Å². The number of sulfonamides is 1. The number of rotatable bonds is 5. The molecule has 7 heteroatoms. The van der Waals surface area contributed by atoms with E-state index in [0.717, 1.165) is 33.9 Å². The van der Waals surface area contributed by atoms with Crippen molar-refractivity contribution in [2.45, 2.75) is 0 Å². The van der Waals surface area contributed by atoms with E-state index in [1.54, 1.807) is 30.5 Å². The van der Waals surface area contributed by atoms with Gasteiger partial charge in [-0.15, -0.1) is 0 Å². The van der Waals surface area contributed by atoms with E-state index >= 15 is 0 Å². The Labute approximate surface area is 168 Å². The van der Waals surface area contributed by atoms with E-state index in [2.05, 4.69) is 9.71 Å². The first-order chi connectivity index (χ1) is 13.8. The summed E-state index contributed by atoms with van der Waals surface area (Å²) in [7, 11) is -3.38. The van der Waals surface area contributed by atoms with Crippen molar-refractivity contribution in [3.63, 3.8) is 0 Å². The fourth-order valence-electron chi connectivity index (χ4n) is 3.43. The molecule has 0 aliphatic heterocycles. The van der Waals surface area contributed by atoms with Crippen LogP contribution in [0.5, 0.6) is 0 Å². The molecule has 0 bridgehead atoms. The molecule has 0 saturated carbocycles. The van der Waals surface area contributed by atoms with Crippen LogP contribution in [0, 0.1) is 0 Å². The van der Waals surface area contributed by atoms with Crippen molar-refractivity contribution in [1.29, 1.82) is 0 Å². The second-order valence-electron chi connectivity index (χ2n) is 6.83. The number of hydrogen-bond acceptors (Lipinski definition) is 3. The Balaban J connectivity index is 1.92. The minimum absolute atomic E-state index is 0.401. The monoisotopic (exact) mass is 405 g/mol. The average Bonchev–Trinajstić information content (AvgIpc) is 3.10. The number of carbonyl (C=O) groups excluding carboxylic acids is 1. The zero-order chi connectivity index (χ0) is 20.6. The molecule has 0 radical (unpaired) electrons. The molecule has 4 aromatic rings. The maximum absolute atomic E-state index is 12.1. The second-order valence-corrected chi connectivity index (χ2v) is 8.58. The van der Waals surface area contributed by atoms with Crippen LogP contribution in [0.1, 0.15) is 10.4 Å². The van der Waals surface area contributed by atoms with Gasteiger partial charge in [0.05, 0.1) is 17.3 Å². The highest BCUT2D eigenvalue weighted by Gasteiger charge is 2.16. The van der Waals surface area contributed by atoms with Gasteiger partial charge in [0.2, 0.25) is 10.0 Å². The third-order valence-corrected chi connectivity index (χ3v) is 5.25. The smallest absolute Gasteiger partial charge is 0.250 e. The molecule has 4 N–H and O–H groups in total. The number of primary amides is 1. The Morgan fingerprint density at radius 1 is 0.931 bits per heavy atom. The summed E-state index contributed by atoms with van der Waals surface area (Å²) in [5.41, 5.74) is 10.6. The topological polar surface area (TPSA) is 105 Å². The van der Waals surface area contributed by atoms with E-state index in [-0.39, 0.29) is 0 Å². The van der Waals surface area contributed by atoms with Crippen molar-refractivity contribution >= 4 is 32.5 Å². The molecule has 3 aromatic carbocycles. The van der Waals surface area contributed by atoms with E-state index in [4.69, 9.17) is 5.73 Å². The first-order valence-corrected chi connectivity index (χ1v) is 10.8. The van der Waals surface area contributed by atoms with Crippen LogP contribution in [0.4, 0.5) is 5.69 Å². The summed E-state index contributed by atoms with van der Waals surface area (Å²) in [6.07, 6.45) is 2.90. The quantitative estimate of drug-likeness (QED) is 0.468. The lowest BCUT2D eigenvalue weighted by Crippen LogP contribution is -2.11. The van der Waals surface area contributed by atoms with Crippen molar-refractivity contribution in [1.82, 2.24) is 4.98 Å². The summed E-state index contributed by atoms with van der Waals surface area (Å²) in [6.45, 7) is 0. The lowest BCUT2D eigenvalue weighted by Gasteiger charge is -2.09. The number of amides is 1. The van der Waals surface area contributed by atoms with E-state index in [9.17, 15) is 13.2 Å². The van der Waals surface area contributed by atoms with Crippen LogP contribution in [0.15, 0.2) is 72.9 Å². The van der Waals surface area contributed by atoms with Gasteiger partial charge >= 0.3 is 0 Å². The number of anilines is 1. The normalized spacial score (nSPS) is 11.5. The van der Waals surface area contributed by atoms with Crippen LogP contribution < -0.4 is 10.5 Å². The zero-order valence-corrected chi connectivity index (χ0v) is 16.5. The van der Waals surface area contributed by atoms with Gasteiger partial charge in [0.25, 0.3) is 5.91 Å². The number of nitrogens with one attached hydrogen (secondary N) is 2. The largest absolute Gasteiger partial charge is 0.366 e. The minimum atomic E-state index is -3.38. The number of benzene rings is 3. The van der Waals surface area contributed by atoms with Crippen molar-refractivity contribution in [3.05, 3.63) is 78.5 Å². The predicted octanol–water partition coefficient (Wildman–Crippen LogP) is 3.97. The van der Waals surface area contributed by atoms with Gasteiger partial charge in [-0.1, -0.05) is 42.5 Å². The highest BCUT2D eigenvalue weighted by atomic mass is 32.2. The molecule has 0 aliphatic carbocycles. The first kappa shape index (κ1) is 18.8. The summed E-state index contributed by atoms with van der Waals surface area (Å²) in [6, 6.07) is 20.6. The number of fused-ring (bicyclic) bond motifs is 1. The van der Waals surface area contributed by atoms with Crippen molar-refractivity contribution in [2.24, 2.45) is 5.73 Å². The highest BCUT2D eigenvalue weighted by Crippen LogP contribution is 2.35. The van der Waals surface area contributed by atoms with Gasteiger partial charge in [0.1, 0.15) is 0 Å². The van der Waals surface area contributed by atoms with E-state index in [0.29, 0.717) is 16.8 Å². The molecule has 0 fully saturated rings. The molecule has 4 rings (SSSR count). The van der Waals surface area contributed by atoms with Crippen LogP contribution in [-0.2, 0) is 10.0 Å². The molecule has 0 saturated heterocycles. The molecule has 146 valence electrons. The molecular weight excluding hydrogens is 386 g/mol. The van der Waals surface area contributed by atoms with Gasteiger partial charge in [-0.2, -0.15) is 0 Å². The number of hydrogen-bond donors (Lipinski definition) is 3. The van der Waals surface area contributed by atoms with Crippen LogP contribution in [0.2, 0.25) is 0 Å². The summed E-state index contributed by atoms with van der Waals surface area (Å²) >= 11 is 0. The van der Waals surface area contributed by atoms with Crippen LogP contribution >= 0.6 is 0 Å². The molecule has 0 unspecified atom stereocenters. The minimum Gasteiger partial charge on any atom is -0.366 e. The molecule has 29 heavy (non-hydrogen) atoms. The van der Waals surface area contributed by atoms with Crippen molar-refractivity contribution in [3.8, 4) is 22.3 Å². The summed E-state index contributed by atoms with van der Waals surface area (Å²) in [4.78, 5) is 15.2. The lowest BCUT2D eigenvalue weighted by molar-refractivity contribution is 0.100. The van der Waals surface area contributed by atoms with Gasteiger partial charge in [-0.25, -0.2) is 8.42 Å². The van der Waals surface area contributed by atoms with E-state index in [1.807, 2.05) is 42.5 Å². The molecule has 0 spiro atoms. The number of nitrogens with two attached hydrogens (primary N) is 1. The third kappa shape index (κ3) is 3.86. The van der Waals surface area contributed by atoms with Gasteiger partial charge in [-0.3, -0.25) is 9.52 Å². The number of aromatic amines is 1. The average molecular weight is 405 g/mol. The molecule has 1 aromatic heterocycles. The fraction of sp³-hybridized carbons (Fsp3) is 0.0455. The maximum atomic E-state index is 12.1. The number of H-pyrrole nitrogens is 1. The maximum Gasteiger partial charge on any atom is 0.250 e. The molecule has 1 heterocycles. The van der Waals surface area contributed by atoms with E-state index in [1.165, 1.54) is 0 Å². The molecule has 6 nitrogen and oxygen atoms in total. The van der Waals surface area contributed by atoms with Gasteiger partial charge in [0, 0.05) is 22.8 Å². The summed E-state index contributed by atoms with van der Waals surface area (Å²) < 4.78 is 25.6. The Morgan fingerprint density at radius 2 is 1.66 bits per heavy atom. The lowest BCUT2D eigenvalue weighted by atomic mass is 9.96. The molecular formula is C22H19N3O3S. The SMILES string of the molecule is CS(=O)(=O)Nc1cccc(-c2c[nH]c3c(C(N)=O)cc(-c4ccccc4)cc23)c1. The van der Waals surface area contributed by atoms with Gasteiger partial charge in [-0.05, 0) is 41.0 Å². The van der Waals surface area contributed by atoms with Crippen LogP contribution in [-0.4, -0.2) is 25.6 Å². The Kier molecular flexibility index (Phi) is 4.60. The predicted molar refractivity (Wildman–Crippen MR) is 116 cm³/mol. The third-order valence-electron chi connectivity index (χ3n) is 4.64. The Bertz CT molecular complexity index is 1330. The molecule has 1 amide bonds. The number of carbonyl (C=O) groups is 1. The standard InChI is InChI=1S/C22H19N3O3S/c1-29(27,28)25-17-9-5-8-15(10-17)20-13-24-21-18(20)11-16(12-19(21)22(23)26)14-6-3-2-4-7-14/h2-13,24-25H,1H3,(H2,23,26). The Hall–Kier alpha value is -3.58. The molecule has 0 atom stereocenters. The van der Waals surface area contributed by atoms with Gasteiger partial charge in [0.15, 0.2) is 0 Å². The first-order valence-electron chi connectivity index (χ1n) is 8.90. The highest BCUT2D eigenvalue weighted by molar-refractivity contribution is 7.92. The van der Waals surface area contributed by atoms with Crippen LogP contribution in [0.25, 0.3) is 33.2 Å². The molecule has 0 aliphatic rings. The fourth-order valence-corrected chi connectivity index (χ4v) is 3.98. The zero-order valence-electron chi connectivity index (χ0n) is 15.6. The summed E-state index contributed by atoms with van der Waals surface area (Å²) in [5, 5.41) is 0.830. The second kappa shape index (κ2) is 7.10. The number of aromatic nitrogens is 1.